The second-order valence-electron chi connectivity index (χ2n) is 0.250. The third kappa shape index (κ3) is 533. The molecule has 3 nitrogen and oxygen atoms in total. The summed E-state index contributed by atoms with van der Waals surface area (Å²) < 4.78 is 0. The van der Waals surface area contributed by atoms with Crippen molar-refractivity contribution < 1.29 is 48.9 Å². The molecular weight excluding hydrogens is 174 g/mol. The van der Waals surface area contributed by atoms with Gasteiger partial charge in [0, 0.05) is 16.8 Å². The quantitative estimate of drug-likeness (QED) is 0.383. The van der Waals surface area contributed by atoms with Crippen molar-refractivity contribution in [3.8, 4) is 0 Å². The van der Waals surface area contributed by atoms with E-state index in [0.29, 0.717) is 0 Å². The van der Waals surface area contributed by atoms with Crippen molar-refractivity contribution in [1.82, 2.24) is 0 Å². The Balaban J connectivity index is -0.0000000450. The molecule has 0 fully saturated rings. The zero-order valence-corrected chi connectivity index (χ0v) is 4.66. The van der Waals surface area contributed by atoms with E-state index >= 15 is 0 Å². The Morgan fingerprint density at radius 1 is 1.33 bits per heavy atom. The molecule has 0 N–H and O–H groups in total. The van der Waals surface area contributed by atoms with Crippen LogP contribution in [-0.2, 0) is 33.8 Å². The number of carboxylic acid groups (broad SMARTS) is 2. The first kappa shape index (κ1) is 16.3. The van der Waals surface area contributed by atoms with Gasteiger partial charge < -0.3 is 15.0 Å². The zero-order chi connectivity index (χ0) is 3.58. The Bertz CT molecular complexity index is 33.8. The van der Waals surface area contributed by atoms with Gasteiger partial charge in [0.2, 0.25) is 0 Å². The summed E-state index contributed by atoms with van der Waals surface area (Å²) >= 11 is 0. The number of rotatable bonds is 0. The van der Waals surface area contributed by atoms with Crippen LogP contribution in [0.1, 0.15) is 0 Å². The molecule has 0 saturated heterocycles. The largest absolute Gasteiger partial charge is 2.00 e. The number of hydrogen-bond acceptors (Lipinski definition) is 3. The standard InChI is InChI=1S/CH2O3.Co.Mn/c2-1(3)4;;/h(H2,2,3,4);;/q;;+2/p-2. The van der Waals surface area contributed by atoms with Crippen LogP contribution in [0, 0.1) is 0 Å². The maximum Gasteiger partial charge on any atom is 2.00 e. The Labute approximate surface area is 55.4 Å². The molecule has 0 spiro atoms. The number of carbonyl (C=O) groups excluding carboxylic acids is 1. The Morgan fingerprint density at radius 2 is 1.33 bits per heavy atom. The van der Waals surface area contributed by atoms with Crippen molar-refractivity contribution in [2.75, 3.05) is 0 Å². The van der Waals surface area contributed by atoms with E-state index in [4.69, 9.17) is 15.0 Å². The molecule has 38 valence electrons. The summed E-state index contributed by atoms with van der Waals surface area (Å²) in [4.78, 5) is 8.33. The van der Waals surface area contributed by atoms with E-state index < -0.39 is 6.16 Å². The summed E-state index contributed by atoms with van der Waals surface area (Å²) in [6.45, 7) is 0. The van der Waals surface area contributed by atoms with Gasteiger partial charge in [0.15, 0.2) is 0 Å². The average molecular weight is 174 g/mol. The van der Waals surface area contributed by atoms with E-state index in [-0.39, 0.29) is 33.8 Å². The molecule has 0 heterocycles. The molecule has 0 unspecified atom stereocenters. The van der Waals surface area contributed by atoms with E-state index in [0.717, 1.165) is 0 Å². The van der Waals surface area contributed by atoms with Crippen molar-refractivity contribution in [1.29, 1.82) is 0 Å². The van der Waals surface area contributed by atoms with Crippen molar-refractivity contribution in [2.45, 2.75) is 0 Å². The molecule has 0 aromatic carbocycles. The monoisotopic (exact) mass is 174 g/mol. The fourth-order valence-electron chi connectivity index (χ4n) is 0. The first-order chi connectivity index (χ1) is 1.73. The maximum absolute atomic E-state index is 8.33. The summed E-state index contributed by atoms with van der Waals surface area (Å²) in [5, 5.41) is 16.7. The topological polar surface area (TPSA) is 63.2 Å². The van der Waals surface area contributed by atoms with Gasteiger partial charge in [-0.25, -0.2) is 0 Å². The van der Waals surface area contributed by atoms with Gasteiger partial charge in [-0.1, -0.05) is 0 Å². The van der Waals surface area contributed by atoms with Gasteiger partial charge in [-0.2, -0.15) is 0 Å². The van der Waals surface area contributed by atoms with Crippen LogP contribution in [0.2, 0.25) is 0 Å². The van der Waals surface area contributed by atoms with Crippen LogP contribution in [0.25, 0.3) is 0 Å². The van der Waals surface area contributed by atoms with E-state index in [1.807, 2.05) is 0 Å². The van der Waals surface area contributed by atoms with E-state index in [9.17, 15) is 0 Å². The van der Waals surface area contributed by atoms with Crippen LogP contribution in [0.15, 0.2) is 0 Å². The van der Waals surface area contributed by atoms with Crippen molar-refractivity contribution in [3.63, 3.8) is 0 Å². The van der Waals surface area contributed by atoms with Gasteiger partial charge in [-0.05, 0) is 6.16 Å². The normalized spacial score (nSPS) is 4.00. The molecule has 2 radical (unpaired) electrons. The molecule has 0 amide bonds. The minimum Gasteiger partial charge on any atom is -0.652 e. The number of hydrogen-bond donors (Lipinski definition) is 0. The van der Waals surface area contributed by atoms with E-state index in [2.05, 4.69) is 0 Å². The molecule has 6 heavy (non-hydrogen) atoms. The molecule has 0 bridgehead atoms. The van der Waals surface area contributed by atoms with Gasteiger partial charge in [-0.3, -0.25) is 0 Å². The molecular formula is CCoMnO3. The molecule has 0 rings (SSSR count). The third-order valence-electron chi connectivity index (χ3n) is 0. The molecule has 0 aliphatic rings. The van der Waals surface area contributed by atoms with Gasteiger partial charge >= 0.3 is 17.1 Å². The summed E-state index contributed by atoms with van der Waals surface area (Å²) in [6.07, 6.45) is -2.33. The van der Waals surface area contributed by atoms with Crippen molar-refractivity contribution in [2.24, 2.45) is 0 Å². The summed E-state index contributed by atoms with van der Waals surface area (Å²) in [7, 11) is 0. The van der Waals surface area contributed by atoms with Crippen molar-refractivity contribution >= 4 is 6.16 Å². The summed E-state index contributed by atoms with van der Waals surface area (Å²) in [6, 6.07) is 0. The zero-order valence-electron chi connectivity index (χ0n) is 2.44. The minimum atomic E-state index is -2.33. The van der Waals surface area contributed by atoms with E-state index in [1.54, 1.807) is 0 Å². The van der Waals surface area contributed by atoms with Gasteiger partial charge in [0.25, 0.3) is 0 Å². The Morgan fingerprint density at radius 3 is 1.33 bits per heavy atom. The average Bonchev–Trinajstić information content (AvgIpc) is 0.811. The SMILES string of the molecule is O=C([O-])[O-].[Co].[Mn+2]. The van der Waals surface area contributed by atoms with Crippen molar-refractivity contribution in [3.05, 3.63) is 0 Å². The predicted octanol–water partition coefficient (Wildman–Crippen LogP) is -2.45. The van der Waals surface area contributed by atoms with Crippen LogP contribution in [0.4, 0.5) is 4.79 Å². The van der Waals surface area contributed by atoms with E-state index in [1.165, 1.54) is 0 Å². The van der Waals surface area contributed by atoms with Gasteiger partial charge in [0.1, 0.15) is 0 Å². The second-order valence-corrected chi connectivity index (χ2v) is 0.250. The second kappa shape index (κ2) is 9.00. The smallest absolute Gasteiger partial charge is 0.652 e. The van der Waals surface area contributed by atoms with Crippen LogP contribution in [0.3, 0.4) is 0 Å². The summed E-state index contributed by atoms with van der Waals surface area (Å²) in [5.41, 5.74) is 0. The molecule has 0 aliphatic carbocycles. The van der Waals surface area contributed by atoms with Crippen LogP contribution in [0.5, 0.6) is 0 Å². The minimum absolute atomic E-state index is 0. The maximum atomic E-state index is 8.33. The molecule has 0 atom stereocenters. The fourth-order valence-corrected chi connectivity index (χ4v) is 0. The summed E-state index contributed by atoms with van der Waals surface area (Å²) in [5.74, 6) is 0. The molecule has 0 saturated carbocycles. The molecule has 0 aliphatic heterocycles. The van der Waals surface area contributed by atoms with Crippen LogP contribution < -0.4 is 10.2 Å². The van der Waals surface area contributed by atoms with Gasteiger partial charge in [-0.15, -0.1) is 0 Å². The Hall–Kier alpha value is 0.296. The molecule has 0 aromatic heterocycles. The predicted molar refractivity (Wildman–Crippen MR) is 5.40 cm³/mol. The molecule has 5 heteroatoms. The van der Waals surface area contributed by atoms with Gasteiger partial charge in [0.05, 0.1) is 0 Å². The number of carbonyl (C=O) groups is 1. The van der Waals surface area contributed by atoms with Crippen LogP contribution in [-0.4, -0.2) is 6.16 Å². The first-order valence-electron chi connectivity index (χ1n) is 0.612. The Kier molecular flexibility index (Phi) is 24.4. The fraction of sp³-hybridized carbons (Fsp3) is 0. The first-order valence-corrected chi connectivity index (χ1v) is 0.612. The molecule has 0 aromatic rings. The van der Waals surface area contributed by atoms with Crippen LogP contribution >= 0.6 is 0 Å². The third-order valence-corrected chi connectivity index (χ3v) is 0.